The third-order valence-electron chi connectivity index (χ3n) is 3.15. The van der Waals surface area contributed by atoms with Crippen molar-refractivity contribution in [2.75, 3.05) is 46.4 Å². The summed E-state index contributed by atoms with van der Waals surface area (Å²) in [4.78, 5) is 4.66. The number of hydrogen-bond acceptors (Lipinski definition) is 2. The van der Waals surface area contributed by atoms with Crippen LogP contribution in [-0.2, 0) is 0 Å². The Labute approximate surface area is 73.3 Å². The van der Waals surface area contributed by atoms with Crippen LogP contribution in [0.3, 0.4) is 0 Å². The van der Waals surface area contributed by atoms with Crippen LogP contribution in [0.4, 0.5) is 4.39 Å². The number of halogens is 1. The number of nitrogens with zero attached hydrogens (tertiary/aromatic N) is 2. The molecule has 0 radical (unpaired) electrons. The summed E-state index contributed by atoms with van der Waals surface area (Å²) in [6, 6.07) is 0. The zero-order valence-electron chi connectivity index (χ0n) is 7.67. The fourth-order valence-corrected chi connectivity index (χ4v) is 2.63. The minimum absolute atomic E-state index is 0.185. The SMILES string of the molecule is CN1C[C@@H]2CN(CCF)C[C@@H]2C1. The topological polar surface area (TPSA) is 6.48 Å². The van der Waals surface area contributed by atoms with Crippen molar-refractivity contribution < 1.29 is 4.39 Å². The Morgan fingerprint density at radius 2 is 1.75 bits per heavy atom. The molecule has 2 saturated heterocycles. The quantitative estimate of drug-likeness (QED) is 0.596. The van der Waals surface area contributed by atoms with Crippen molar-refractivity contribution in [3.05, 3.63) is 0 Å². The summed E-state index contributed by atoms with van der Waals surface area (Å²) in [7, 11) is 2.18. The van der Waals surface area contributed by atoms with Gasteiger partial charge in [-0.15, -0.1) is 0 Å². The van der Waals surface area contributed by atoms with Gasteiger partial charge in [-0.1, -0.05) is 0 Å². The van der Waals surface area contributed by atoms with Crippen molar-refractivity contribution in [2.45, 2.75) is 0 Å². The highest BCUT2D eigenvalue weighted by Gasteiger charge is 2.38. The smallest absolute Gasteiger partial charge is 0.102 e. The molecule has 2 rings (SSSR count). The van der Waals surface area contributed by atoms with Crippen LogP contribution in [-0.4, -0.2) is 56.2 Å². The van der Waals surface area contributed by atoms with Crippen LogP contribution >= 0.6 is 0 Å². The predicted molar refractivity (Wildman–Crippen MR) is 46.9 cm³/mol. The summed E-state index contributed by atoms with van der Waals surface area (Å²) in [6.07, 6.45) is 0. The van der Waals surface area contributed by atoms with Crippen LogP contribution in [0.5, 0.6) is 0 Å². The molecule has 2 aliphatic heterocycles. The second kappa shape index (κ2) is 3.30. The van der Waals surface area contributed by atoms with E-state index in [1.165, 1.54) is 13.1 Å². The second-order valence-electron chi connectivity index (χ2n) is 4.19. The predicted octanol–water partition coefficient (Wildman–Crippen LogP) is 0.449. The molecular weight excluding hydrogens is 155 g/mol. The summed E-state index contributed by atoms with van der Waals surface area (Å²) in [5, 5.41) is 0. The Kier molecular flexibility index (Phi) is 2.33. The Bertz CT molecular complexity index is 149. The van der Waals surface area contributed by atoms with Gasteiger partial charge < -0.3 is 9.80 Å². The van der Waals surface area contributed by atoms with Crippen LogP contribution in [0.15, 0.2) is 0 Å². The van der Waals surface area contributed by atoms with Gasteiger partial charge in [0.2, 0.25) is 0 Å². The third-order valence-corrected chi connectivity index (χ3v) is 3.15. The maximum absolute atomic E-state index is 12.0. The van der Waals surface area contributed by atoms with Crippen LogP contribution < -0.4 is 0 Å². The third kappa shape index (κ3) is 1.48. The number of alkyl halides is 1. The zero-order valence-corrected chi connectivity index (χ0v) is 7.67. The average Bonchev–Trinajstić information content (AvgIpc) is 2.44. The molecule has 3 heteroatoms. The van der Waals surface area contributed by atoms with E-state index >= 15 is 0 Å². The molecule has 2 nitrogen and oxygen atoms in total. The first-order chi connectivity index (χ1) is 5.79. The summed E-state index contributed by atoms with van der Waals surface area (Å²) in [5.74, 6) is 1.64. The number of fused-ring (bicyclic) bond motifs is 1. The van der Waals surface area contributed by atoms with Gasteiger partial charge in [-0.25, -0.2) is 4.39 Å². The van der Waals surface area contributed by atoms with E-state index in [2.05, 4.69) is 16.8 Å². The van der Waals surface area contributed by atoms with Crippen molar-refractivity contribution in [1.29, 1.82) is 0 Å². The van der Waals surface area contributed by atoms with Crippen molar-refractivity contribution in [2.24, 2.45) is 11.8 Å². The van der Waals surface area contributed by atoms with Gasteiger partial charge in [0.1, 0.15) is 6.67 Å². The van der Waals surface area contributed by atoms with E-state index in [9.17, 15) is 4.39 Å². The molecule has 0 aliphatic carbocycles. The van der Waals surface area contributed by atoms with Crippen LogP contribution in [0.1, 0.15) is 0 Å². The highest BCUT2D eigenvalue weighted by molar-refractivity contribution is 4.91. The Morgan fingerprint density at radius 3 is 2.25 bits per heavy atom. The first kappa shape index (κ1) is 8.45. The maximum atomic E-state index is 12.0. The molecule has 2 atom stereocenters. The molecule has 0 spiro atoms. The molecule has 0 aromatic carbocycles. The summed E-state index contributed by atoms with van der Waals surface area (Å²) >= 11 is 0. The minimum atomic E-state index is -0.185. The lowest BCUT2D eigenvalue weighted by molar-refractivity contribution is 0.257. The largest absolute Gasteiger partial charge is 0.306 e. The minimum Gasteiger partial charge on any atom is -0.306 e. The van der Waals surface area contributed by atoms with E-state index in [1.54, 1.807) is 0 Å². The zero-order chi connectivity index (χ0) is 8.55. The van der Waals surface area contributed by atoms with E-state index in [4.69, 9.17) is 0 Å². The van der Waals surface area contributed by atoms with E-state index in [0.29, 0.717) is 6.54 Å². The van der Waals surface area contributed by atoms with Gasteiger partial charge in [0, 0.05) is 32.7 Å². The Morgan fingerprint density at radius 1 is 1.17 bits per heavy atom. The fourth-order valence-electron chi connectivity index (χ4n) is 2.63. The van der Waals surface area contributed by atoms with Crippen molar-refractivity contribution >= 4 is 0 Å². The molecule has 12 heavy (non-hydrogen) atoms. The van der Waals surface area contributed by atoms with Crippen molar-refractivity contribution in [1.82, 2.24) is 9.80 Å². The van der Waals surface area contributed by atoms with Crippen molar-refractivity contribution in [3.63, 3.8) is 0 Å². The van der Waals surface area contributed by atoms with Gasteiger partial charge in [0.25, 0.3) is 0 Å². The number of rotatable bonds is 2. The van der Waals surface area contributed by atoms with Crippen LogP contribution in [0.2, 0.25) is 0 Å². The summed E-state index contributed by atoms with van der Waals surface area (Å²) < 4.78 is 12.0. The maximum Gasteiger partial charge on any atom is 0.102 e. The van der Waals surface area contributed by atoms with Crippen molar-refractivity contribution in [3.8, 4) is 0 Å². The van der Waals surface area contributed by atoms with Gasteiger partial charge in [0.05, 0.1) is 0 Å². The van der Waals surface area contributed by atoms with E-state index in [-0.39, 0.29) is 6.67 Å². The Hall–Kier alpha value is -0.150. The van der Waals surface area contributed by atoms with Gasteiger partial charge in [0.15, 0.2) is 0 Å². The Balaban J connectivity index is 1.85. The van der Waals surface area contributed by atoms with Crippen LogP contribution in [0, 0.1) is 11.8 Å². The molecule has 2 heterocycles. The van der Waals surface area contributed by atoms with E-state index < -0.39 is 0 Å². The molecule has 70 valence electrons. The average molecular weight is 172 g/mol. The van der Waals surface area contributed by atoms with Gasteiger partial charge >= 0.3 is 0 Å². The molecule has 0 saturated carbocycles. The lowest BCUT2D eigenvalue weighted by Gasteiger charge is -2.16. The fraction of sp³-hybridized carbons (Fsp3) is 1.00. The second-order valence-corrected chi connectivity index (χ2v) is 4.19. The molecule has 0 aromatic rings. The molecule has 0 unspecified atom stereocenters. The molecule has 0 aromatic heterocycles. The monoisotopic (exact) mass is 172 g/mol. The number of hydrogen-bond donors (Lipinski definition) is 0. The van der Waals surface area contributed by atoms with Gasteiger partial charge in [-0.05, 0) is 18.9 Å². The molecule has 2 aliphatic rings. The molecule has 0 bridgehead atoms. The van der Waals surface area contributed by atoms with E-state index in [1.807, 2.05) is 0 Å². The standard InChI is InChI=1S/C9H17FN2/c1-11-4-8-6-12(3-2-10)7-9(8)5-11/h8-9H,2-7H2,1H3/t8-,9+. The first-order valence-corrected chi connectivity index (χ1v) is 4.76. The normalized spacial score (nSPS) is 37.5. The first-order valence-electron chi connectivity index (χ1n) is 4.76. The summed E-state index contributed by atoms with van der Waals surface area (Å²) in [5.41, 5.74) is 0. The molecule has 0 N–H and O–H groups in total. The lowest BCUT2D eigenvalue weighted by atomic mass is 10.0. The van der Waals surface area contributed by atoms with Crippen LogP contribution in [0.25, 0.3) is 0 Å². The van der Waals surface area contributed by atoms with E-state index in [0.717, 1.165) is 24.9 Å². The number of likely N-dealkylation sites (tertiary alicyclic amines) is 2. The highest BCUT2D eigenvalue weighted by atomic mass is 19.1. The molecule has 2 fully saturated rings. The summed E-state index contributed by atoms with van der Waals surface area (Å²) in [6.45, 7) is 5.14. The lowest BCUT2D eigenvalue weighted by Crippen LogP contribution is -2.28. The highest BCUT2D eigenvalue weighted by Crippen LogP contribution is 2.29. The van der Waals surface area contributed by atoms with Gasteiger partial charge in [-0.3, -0.25) is 0 Å². The van der Waals surface area contributed by atoms with Gasteiger partial charge in [-0.2, -0.15) is 0 Å². The molecular formula is C9H17FN2. The molecule has 0 amide bonds.